The predicted octanol–water partition coefficient (Wildman–Crippen LogP) is 1.75. The molecular formula is C10H16N2O2S. The summed E-state index contributed by atoms with van der Waals surface area (Å²) in [5.74, 6) is 0. The molecule has 5 heteroatoms. The molecule has 15 heavy (non-hydrogen) atoms. The number of carbonyl (C=O) groups is 1. The Balaban J connectivity index is 0.000000423. The van der Waals surface area contributed by atoms with Crippen molar-refractivity contribution in [3.8, 4) is 0 Å². The highest BCUT2D eigenvalue weighted by atomic mass is 32.2. The number of nitrogens with two attached hydrogens (primary N) is 1. The van der Waals surface area contributed by atoms with Gasteiger partial charge in [-0.15, -0.1) is 0 Å². The van der Waals surface area contributed by atoms with Crippen LogP contribution in [0.5, 0.6) is 0 Å². The van der Waals surface area contributed by atoms with Crippen LogP contribution in [0.1, 0.15) is 13.3 Å². The largest absolute Gasteiger partial charge is 0.396 e. The van der Waals surface area contributed by atoms with Crippen molar-refractivity contribution in [1.82, 2.24) is 4.72 Å². The highest BCUT2D eigenvalue weighted by molar-refractivity contribution is 7.98. The number of hydrogen-bond acceptors (Lipinski definition) is 3. The smallest absolute Gasteiger partial charge is 0.322 e. The van der Waals surface area contributed by atoms with Crippen molar-refractivity contribution >= 4 is 18.0 Å². The monoisotopic (exact) mass is 228 g/mol. The first kappa shape index (κ1) is 13.8. The number of carbonyl (C=O) groups excluding carboxylic acids is 1. The number of nitrogens with one attached hydrogen (secondary N) is 1. The Hall–Kier alpha value is -1.20. The summed E-state index contributed by atoms with van der Waals surface area (Å²) in [5, 5.41) is 7.88. The zero-order valence-corrected chi connectivity index (χ0v) is 9.46. The average Bonchev–Trinajstić information content (AvgIpc) is 2.28. The van der Waals surface area contributed by atoms with Crippen molar-refractivity contribution in [2.75, 3.05) is 6.61 Å². The van der Waals surface area contributed by atoms with Crippen LogP contribution in [0, 0.1) is 0 Å². The fourth-order valence-electron chi connectivity index (χ4n) is 0.598. The van der Waals surface area contributed by atoms with Crippen molar-refractivity contribution < 1.29 is 9.90 Å². The summed E-state index contributed by atoms with van der Waals surface area (Å²) in [4.78, 5) is 11.2. The molecule has 0 aliphatic heterocycles. The lowest BCUT2D eigenvalue weighted by atomic mass is 10.4. The molecule has 4 nitrogen and oxygen atoms in total. The van der Waals surface area contributed by atoms with Gasteiger partial charge in [-0.1, -0.05) is 25.1 Å². The van der Waals surface area contributed by atoms with E-state index in [0.717, 1.165) is 11.3 Å². The van der Waals surface area contributed by atoms with Gasteiger partial charge in [-0.05, 0) is 30.5 Å². The highest BCUT2D eigenvalue weighted by Crippen LogP contribution is 2.11. The first-order valence-corrected chi connectivity index (χ1v) is 5.40. The van der Waals surface area contributed by atoms with Crippen molar-refractivity contribution in [2.45, 2.75) is 18.2 Å². The Morgan fingerprint density at radius 3 is 2.40 bits per heavy atom. The van der Waals surface area contributed by atoms with Gasteiger partial charge >= 0.3 is 6.03 Å². The normalized spacial score (nSPS) is 8.67. The summed E-state index contributed by atoms with van der Waals surface area (Å²) >= 11 is 1.20. The third-order valence-electron chi connectivity index (χ3n) is 1.24. The van der Waals surface area contributed by atoms with E-state index in [9.17, 15) is 4.79 Å². The Labute approximate surface area is 94.0 Å². The molecule has 84 valence electrons. The zero-order valence-electron chi connectivity index (χ0n) is 8.64. The number of aliphatic hydroxyl groups is 1. The molecule has 1 aromatic rings. The fourth-order valence-corrected chi connectivity index (χ4v) is 1.11. The molecule has 0 aliphatic rings. The lowest BCUT2D eigenvalue weighted by Gasteiger charge is -1.98. The molecule has 2 amide bonds. The molecule has 0 saturated heterocycles. The van der Waals surface area contributed by atoms with Crippen LogP contribution < -0.4 is 10.5 Å². The molecule has 4 N–H and O–H groups in total. The lowest BCUT2D eigenvalue weighted by molar-refractivity contribution is 0.254. The van der Waals surface area contributed by atoms with Gasteiger partial charge in [0.05, 0.1) is 0 Å². The minimum Gasteiger partial charge on any atom is -0.396 e. The van der Waals surface area contributed by atoms with Crippen molar-refractivity contribution in [3.63, 3.8) is 0 Å². The molecule has 0 spiro atoms. The number of rotatable bonds is 3. The third kappa shape index (κ3) is 9.11. The summed E-state index contributed by atoms with van der Waals surface area (Å²) in [6.45, 7) is 2.25. The van der Waals surface area contributed by atoms with Crippen molar-refractivity contribution in [2.24, 2.45) is 5.73 Å². The maximum atomic E-state index is 10.3. The van der Waals surface area contributed by atoms with Gasteiger partial charge in [0.2, 0.25) is 0 Å². The second kappa shape index (κ2) is 9.36. The van der Waals surface area contributed by atoms with E-state index in [1.807, 2.05) is 37.3 Å². The van der Waals surface area contributed by atoms with Crippen LogP contribution >= 0.6 is 11.9 Å². The van der Waals surface area contributed by atoms with Gasteiger partial charge in [-0.2, -0.15) is 0 Å². The molecular weight excluding hydrogens is 212 g/mol. The number of benzene rings is 1. The molecule has 1 aromatic carbocycles. The average molecular weight is 228 g/mol. The summed E-state index contributed by atoms with van der Waals surface area (Å²) in [6.07, 6.45) is 0.875. The van der Waals surface area contributed by atoms with E-state index >= 15 is 0 Å². The van der Waals surface area contributed by atoms with Gasteiger partial charge in [0.1, 0.15) is 0 Å². The summed E-state index contributed by atoms with van der Waals surface area (Å²) in [6, 6.07) is 8.95. The van der Waals surface area contributed by atoms with E-state index in [0.29, 0.717) is 6.61 Å². The van der Waals surface area contributed by atoms with Crippen LogP contribution in [0.25, 0.3) is 0 Å². The standard InChI is InChI=1S/C7H8N2OS.C3H8O/c8-7(10)9-11-6-4-2-1-3-5-6;1-2-3-4/h1-5H,(H3,8,9,10);4H,2-3H2,1H3. The van der Waals surface area contributed by atoms with E-state index in [-0.39, 0.29) is 0 Å². The second-order valence-corrected chi connectivity index (χ2v) is 3.48. The highest BCUT2D eigenvalue weighted by Gasteiger charge is 1.92. The van der Waals surface area contributed by atoms with Gasteiger partial charge in [-0.3, -0.25) is 4.72 Å². The van der Waals surface area contributed by atoms with Gasteiger partial charge in [-0.25, -0.2) is 4.79 Å². The molecule has 0 radical (unpaired) electrons. The Bertz CT molecular complexity index is 265. The maximum absolute atomic E-state index is 10.3. The Morgan fingerprint density at radius 2 is 2.00 bits per heavy atom. The van der Waals surface area contributed by atoms with Crippen LogP contribution in [0.2, 0.25) is 0 Å². The first-order chi connectivity index (χ1) is 7.20. The number of primary amides is 1. The van der Waals surface area contributed by atoms with Gasteiger partial charge < -0.3 is 10.8 Å². The van der Waals surface area contributed by atoms with Gasteiger partial charge in [0, 0.05) is 11.5 Å². The first-order valence-electron chi connectivity index (χ1n) is 4.59. The predicted molar refractivity (Wildman–Crippen MR) is 62.4 cm³/mol. The Morgan fingerprint density at radius 1 is 1.47 bits per heavy atom. The fraction of sp³-hybridized carbons (Fsp3) is 0.300. The minimum atomic E-state index is -0.529. The number of aliphatic hydroxyl groups excluding tert-OH is 1. The summed E-state index contributed by atoms with van der Waals surface area (Å²) in [5.41, 5.74) is 4.87. The topological polar surface area (TPSA) is 75.3 Å². The quantitative estimate of drug-likeness (QED) is 0.690. The van der Waals surface area contributed by atoms with Crippen molar-refractivity contribution in [3.05, 3.63) is 30.3 Å². The number of urea groups is 1. The summed E-state index contributed by atoms with van der Waals surface area (Å²) in [7, 11) is 0. The van der Waals surface area contributed by atoms with Crippen LogP contribution in [-0.4, -0.2) is 17.7 Å². The molecule has 0 fully saturated rings. The third-order valence-corrected chi connectivity index (χ3v) is 2.05. The number of amides is 2. The van der Waals surface area contributed by atoms with E-state index < -0.39 is 6.03 Å². The summed E-state index contributed by atoms with van der Waals surface area (Å²) < 4.78 is 2.42. The molecule has 0 saturated carbocycles. The van der Waals surface area contributed by atoms with Crippen molar-refractivity contribution in [1.29, 1.82) is 0 Å². The molecule has 0 aromatic heterocycles. The SMILES string of the molecule is CCCO.NC(=O)NSc1ccccc1. The van der Waals surface area contributed by atoms with Crippen LogP contribution in [0.4, 0.5) is 4.79 Å². The Kier molecular flexibility index (Phi) is 8.61. The molecule has 1 rings (SSSR count). The lowest BCUT2D eigenvalue weighted by Crippen LogP contribution is -2.22. The van der Waals surface area contributed by atoms with Gasteiger partial charge in [0.15, 0.2) is 0 Å². The van der Waals surface area contributed by atoms with Crippen LogP contribution in [0.15, 0.2) is 35.2 Å². The molecule has 0 aliphatic carbocycles. The molecule has 0 atom stereocenters. The van der Waals surface area contributed by atoms with Gasteiger partial charge in [0.25, 0.3) is 0 Å². The second-order valence-electron chi connectivity index (χ2n) is 2.61. The molecule has 0 unspecified atom stereocenters. The van der Waals surface area contributed by atoms with Crippen LogP contribution in [0.3, 0.4) is 0 Å². The zero-order chi connectivity index (χ0) is 11.5. The molecule has 0 heterocycles. The van der Waals surface area contributed by atoms with E-state index in [1.165, 1.54) is 11.9 Å². The van der Waals surface area contributed by atoms with E-state index in [2.05, 4.69) is 4.72 Å². The van der Waals surface area contributed by atoms with E-state index in [1.54, 1.807) is 0 Å². The van der Waals surface area contributed by atoms with Crippen LogP contribution in [-0.2, 0) is 0 Å². The van der Waals surface area contributed by atoms with E-state index in [4.69, 9.17) is 10.8 Å². The molecule has 0 bridgehead atoms. The number of hydrogen-bond donors (Lipinski definition) is 3. The minimum absolute atomic E-state index is 0.319. The maximum Gasteiger partial charge on any atom is 0.322 e.